The van der Waals surface area contributed by atoms with Crippen molar-refractivity contribution in [2.75, 3.05) is 5.75 Å². The molecule has 2 unspecified atom stereocenters. The first-order valence-corrected chi connectivity index (χ1v) is 8.47. The lowest BCUT2D eigenvalue weighted by molar-refractivity contribution is 0.444. The fraction of sp³-hybridized carbons (Fsp3) is 0.294. The maximum atomic E-state index is 9.61. The highest BCUT2D eigenvalue weighted by Crippen LogP contribution is 2.38. The molecule has 2 nitrogen and oxygen atoms in total. The number of fused-ring (bicyclic) bond motifs is 1. The number of benzene rings is 2. The molecule has 0 saturated heterocycles. The molecule has 4 heteroatoms. The summed E-state index contributed by atoms with van der Waals surface area (Å²) >= 11 is 8.03. The van der Waals surface area contributed by atoms with Crippen molar-refractivity contribution in [2.24, 2.45) is 0 Å². The van der Waals surface area contributed by atoms with Gasteiger partial charge in [0.1, 0.15) is 5.75 Å². The molecule has 0 spiro atoms. The lowest BCUT2D eigenvalue weighted by Crippen LogP contribution is -2.27. The van der Waals surface area contributed by atoms with Crippen LogP contribution in [0.4, 0.5) is 0 Å². The molecule has 0 amide bonds. The van der Waals surface area contributed by atoms with Crippen LogP contribution in [0.1, 0.15) is 36.6 Å². The molecule has 2 aromatic rings. The molecule has 0 fully saturated rings. The molecule has 2 N–H and O–H groups in total. The first kappa shape index (κ1) is 14.8. The van der Waals surface area contributed by atoms with Crippen molar-refractivity contribution in [3.8, 4) is 5.75 Å². The minimum absolute atomic E-state index is 0.178. The highest BCUT2D eigenvalue weighted by Gasteiger charge is 2.22. The molecule has 0 aliphatic carbocycles. The molecule has 0 radical (unpaired) electrons. The Labute approximate surface area is 134 Å². The molecule has 1 heterocycles. The lowest BCUT2D eigenvalue weighted by Gasteiger charge is -2.29. The Bertz CT molecular complexity index is 646. The Balaban J connectivity index is 1.81. The third-order valence-electron chi connectivity index (χ3n) is 3.83. The van der Waals surface area contributed by atoms with Gasteiger partial charge in [0, 0.05) is 22.0 Å². The Hall–Kier alpha value is -1.16. The number of phenols is 1. The molecule has 1 aliphatic rings. The van der Waals surface area contributed by atoms with Crippen molar-refractivity contribution >= 4 is 23.4 Å². The maximum absolute atomic E-state index is 9.61. The van der Waals surface area contributed by atoms with Gasteiger partial charge in [-0.25, -0.2) is 0 Å². The number of nitrogens with one attached hydrogen (secondary N) is 1. The van der Waals surface area contributed by atoms with Crippen LogP contribution in [0.15, 0.2) is 47.4 Å². The van der Waals surface area contributed by atoms with E-state index in [1.54, 1.807) is 6.07 Å². The highest BCUT2D eigenvalue weighted by molar-refractivity contribution is 7.99. The zero-order valence-corrected chi connectivity index (χ0v) is 13.4. The minimum Gasteiger partial charge on any atom is -0.508 e. The number of phenolic OH excluding ortho intramolecular Hbond substituents is 1. The summed E-state index contributed by atoms with van der Waals surface area (Å²) in [6.45, 7) is 2.13. The van der Waals surface area contributed by atoms with Crippen LogP contribution in [0, 0.1) is 0 Å². The van der Waals surface area contributed by atoms with Gasteiger partial charge >= 0.3 is 0 Å². The van der Waals surface area contributed by atoms with E-state index >= 15 is 0 Å². The van der Waals surface area contributed by atoms with E-state index in [9.17, 15) is 5.11 Å². The summed E-state index contributed by atoms with van der Waals surface area (Å²) in [6.07, 6.45) is 1.08. The van der Waals surface area contributed by atoms with Gasteiger partial charge in [-0.1, -0.05) is 23.7 Å². The number of aromatic hydroxyl groups is 1. The Morgan fingerprint density at radius 2 is 2.14 bits per heavy atom. The lowest BCUT2D eigenvalue weighted by atomic mass is 10.0. The topological polar surface area (TPSA) is 32.3 Å². The quantitative estimate of drug-likeness (QED) is 0.841. The normalized spacial score (nSPS) is 19.0. The fourth-order valence-electron chi connectivity index (χ4n) is 2.73. The summed E-state index contributed by atoms with van der Waals surface area (Å²) < 4.78 is 0. The predicted octanol–water partition coefficient (Wildman–Crippen LogP) is 4.93. The summed E-state index contributed by atoms with van der Waals surface area (Å²) in [5.41, 5.74) is 2.38. The van der Waals surface area contributed by atoms with Crippen molar-refractivity contribution in [3.63, 3.8) is 0 Å². The van der Waals surface area contributed by atoms with Crippen molar-refractivity contribution in [2.45, 2.75) is 30.3 Å². The molecule has 0 bridgehead atoms. The first-order valence-electron chi connectivity index (χ1n) is 7.11. The van der Waals surface area contributed by atoms with Gasteiger partial charge < -0.3 is 10.4 Å². The summed E-state index contributed by atoms with van der Waals surface area (Å²) in [4.78, 5) is 1.31. The monoisotopic (exact) mass is 319 g/mol. The number of thioether (sulfide) groups is 1. The molecule has 2 aromatic carbocycles. The largest absolute Gasteiger partial charge is 0.508 e. The SMILES string of the molecule is CC(NC1CCSc2ccc(Cl)cc21)c1cccc(O)c1. The van der Waals surface area contributed by atoms with Gasteiger partial charge in [-0.2, -0.15) is 0 Å². The van der Waals surface area contributed by atoms with E-state index < -0.39 is 0 Å². The number of hydrogen-bond acceptors (Lipinski definition) is 3. The van der Waals surface area contributed by atoms with Gasteiger partial charge in [0.15, 0.2) is 0 Å². The number of hydrogen-bond donors (Lipinski definition) is 2. The second-order valence-electron chi connectivity index (χ2n) is 5.36. The molecular formula is C17H18ClNOS. The van der Waals surface area contributed by atoms with Crippen LogP contribution in [-0.4, -0.2) is 10.9 Å². The molecular weight excluding hydrogens is 302 g/mol. The van der Waals surface area contributed by atoms with Crippen LogP contribution < -0.4 is 5.32 Å². The van der Waals surface area contributed by atoms with Crippen molar-refractivity contribution in [3.05, 3.63) is 58.6 Å². The number of halogens is 1. The van der Waals surface area contributed by atoms with Crippen LogP contribution in [0.5, 0.6) is 5.75 Å². The Morgan fingerprint density at radius 3 is 2.95 bits per heavy atom. The summed E-state index contributed by atoms with van der Waals surface area (Å²) in [5, 5.41) is 14.1. The van der Waals surface area contributed by atoms with Crippen LogP contribution >= 0.6 is 23.4 Å². The zero-order chi connectivity index (χ0) is 14.8. The highest BCUT2D eigenvalue weighted by atomic mass is 35.5. The second-order valence-corrected chi connectivity index (χ2v) is 6.93. The average molecular weight is 320 g/mol. The van der Waals surface area contributed by atoms with Crippen LogP contribution in [-0.2, 0) is 0 Å². The van der Waals surface area contributed by atoms with Gasteiger partial charge in [-0.3, -0.25) is 0 Å². The first-order chi connectivity index (χ1) is 10.1. The van der Waals surface area contributed by atoms with Gasteiger partial charge in [0.2, 0.25) is 0 Å². The molecule has 110 valence electrons. The third-order valence-corrected chi connectivity index (χ3v) is 5.19. The van der Waals surface area contributed by atoms with E-state index in [0.29, 0.717) is 11.8 Å². The Morgan fingerprint density at radius 1 is 1.29 bits per heavy atom. The molecule has 2 atom stereocenters. The fourth-order valence-corrected chi connectivity index (χ4v) is 4.02. The van der Waals surface area contributed by atoms with Crippen molar-refractivity contribution in [1.29, 1.82) is 0 Å². The number of rotatable bonds is 3. The van der Waals surface area contributed by atoms with E-state index in [-0.39, 0.29) is 6.04 Å². The summed E-state index contributed by atoms with van der Waals surface area (Å²) in [5.74, 6) is 1.42. The molecule has 0 saturated carbocycles. The second kappa shape index (κ2) is 6.30. The van der Waals surface area contributed by atoms with Crippen molar-refractivity contribution in [1.82, 2.24) is 5.32 Å². The molecule has 21 heavy (non-hydrogen) atoms. The van der Waals surface area contributed by atoms with Crippen LogP contribution in [0.25, 0.3) is 0 Å². The smallest absolute Gasteiger partial charge is 0.115 e. The molecule has 1 aliphatic heterocycles. The maximum Gasteiger partial charge on any atom is 0.115 e. The van der Waals surface area contributed by atoms with Gasteiger partial charge in [-0.15, -0.1) is 11.8 Å². The predicted molar refractivity (Wildman–Crippen MR) is 89.2 cm³/mol. The van der Waals surface area contributed by atoms with E-state index in [0.717, 1.165) is 22.8 Å². The van der Waals surface area contributed by atoms with E-state index in [1.165, 1.54) is 10.5 Å². The standard InChI is InChI=1S/C17H18ClNOS/c1-11(12-3-2-4-14(20)9-12)19-16-7-8-21-17-6-5-13(18)10-15(16)17/h2-6,9-11,16,19-20H,7-8H2,1H3. The zero-order valence-electron chi connectivity index (χ0n) is 11.8. The van der Waals surface area contributed by atoms with Crippen molar-refractivity contribution < 1.29 is 5.11 Å². The molecule has 0 aromatic heterocycles. The van der Waals surface area contributed by atoms with E-state index in [4.69, 9.17) is 11.6 Å². The average Bonchev–Trinajstić information content (AvgIpc) is 2.48. The third kappa shape index (κ3) is 3.37. The van der Waals surface area contributed by atoms with Crippen LogP contribution in [0.3, 0.4) is 0 Å². The van der Waals surface area contributed by atoms with Gasteiger partial charge in [0.05, 0.1) is 0 Å². The molecule has 3 rings (SSSR count). The summed E-state index contributed by atoms with van der Waals surface area (Å²) in [6, 6.07) is 14.0. The minimum atomic E-state index is 0.178. The Kier molecular flexibility index (Phi) is 4.43. The van der Waals surface area contributed by atoms with Gasteiger partial charge in [0.25, 0.3) is 0 Å². The van der Waals surface area contributed by atoms with E-state index in [1.807, 2.05) is 36.0 Å². The van der Waals surface area contributed by atoms with E-state index in [2.05, 4.69) is 24.4 Å². The summed E-state index contributed by atoms with van der Waals surface area (Å²) in [7, 11) is 0. The van der Waals surface area contributed by atoms with Crippen LogP contribution in [0.2, 0.25) is 5.02 Å². The van der Waals surface area contributed by atoms with Gasteiger partial charge in [-0.05, 0) is 60.6 Å².